The van der Waals surface area contributed by atoms with Gasteiger partial charge in [0.05, 0.1) is 5.92 Å². The molecule has 2 fully saturated rings. The van der Waals surface area contributed by atoms with Gasteiger partial charge in [0.2, 0.25) is 5.91 Å². The molecule has 25 heavy (non-hydrogen) atoms. The van der Waals surface area contributed by atoms with E-state index in [1.165, 1.54) is 0 Å². The maximum Gasteiger partial charge on any atom is 0.253 e. The summed E-state index contributed by atoms with van der Waals surface area (Å²) in [4.78, 5) is 27.5. The van der Waals surface area contributed by atoms with Crippen LogP contribution in [-0.2, 0) is 9.53 Å². The number of nitrogens with zero attached hydrogens (tertiary/aromatic N) is 1. The number of amides is 2. The van der Waals surface area contributed by atoms with Crippen LogP contribution in [0.2, 0.25) is 5.02 Å². The molecule has 0 aromatic heterocycles. The van der Waals surface area contributed by atoms with Crippen molar-refractivity contribution >= 4 is 23.4 Å². The number of hydrogen-bond donors (Lipinski definition) is 1. The molecule has 0 unspecified atom stereocenters. The van der Waals surface area contributed by atoms with E-state index in [1.807, 2.05) is 18.7 Å². The van der Waals surface area contributed by atoms with Crippen molar-refractivity contribution in [3.63, 3.8) is 0 Å². The van der Waals surface area contributed by atoms with Crippen LogP contribution in [0.4, 0.5) is 0 Å². The molecule has 0 saturated carbocycles. The lowest BCUT2D eigenvalue weighted by molar-refractivity contribution is -0.130. The Kier molecular flexibility index (Phi) is 5.35. The number of nitrogens with one attached hydrogen (secondary N) is 1. The maximum absolute atomic E-state index is 12.9. The predicted octanol–water partition coefficient (Wildman–Crippen LogP) is 2.73. The highest BCUT2D eigenvalue weighted by Gasteiger charge is 2.51. The molecule has 0 bridgehead atoms. The molecule has 1 spiro atoms. The topological polar surface area (TPSA) is 58.6 Å². The molecule has 0 aliphatic carbocycles. The van der Waals surface area contributed by atoms with Crippen molar-refractivity contribution in [3.05, 3.63) is 34.9 Å². The van der Waals surface area contributed by atoms with E-state index in [0.717, 1.165) is 12.8 Å². The first-order chi connectivity index (χ1) is 11.9. The summed E-state index contributed by atoms with van der Waals surface area (Å²) < 4.78 is 5.51. The van der Waals surface area contributed by atoms with Gasteiger partial charge in [-0.3, -0.25) is 9.59 Å². The minimum absolute atomic E-state index is 0.0401. The van der Waals surface area contributed by atoms with Crippen molar-refractivity contribution in [2.75, 3.05) is 26.3 Å². The summed E-state index contributed by atoms with van der Waals surface area (Å²) in [5, 5.41) is 3.57. The molecule has 1 N–H and O–H groups in total. The highest BCUT2D eigenvalue weighted by atomic mass is 35.5. The Morgan fingerprint density at radius 3 is 2.68 bits per heavy atom. The summed E-state index contributed by atoms with van der Waals surface area (Å²) in [6, 6.07) is 7.07. The number of halogens is 1. The standard InChI is InChI=1S/C19H25ClN2O3/c1-13(2)21-17(23)16-11-22(12-19(16)6-8-25-9-7-19)18(24)14-4-3-5-15(20)10-14/h3-5,10,13,16H,6-9,11-12H2,1-2H3,(H,21,23)/t16-/m0/s1. The van der Waals surface area contributed by atoms with E-state index in [1.54, 1.807) is 24.3 Å². The van der Waals surface area contributed by atoms with E-state index in [0.29, 0.717) is 36.9 Å². The normalized spacial score (nSPS) is 22.4. The molecule has 1 atom stereocenters. The zero-order valence-corrected chi connectivity index (χ0v) is 15.5. The van der Waals surface area contributed by atoms with E-state index in [9.17, 15) is 9.59 Å². The second-order valence-corrected chi connectivity index (χ2v) is 7.82. The van der Waals surface area contributed by atoms with E-state index < -0.39 is 0 Å². The zero-order valence-electron chi connectivity index (χ0n) is 14.8. The summed E-state index contributed by atoms with van der Waals surface area (Å²) in [7, 11) is 0. The molecule has 1 aromatic rings. The number of likely N-dealkylation sites (tertiary alicyclic amines) is 1. The van der Waals surface area contributed by atoms with Gasteiger partial charge in [-0.2, -0.15) is 0 Å². The Hall–Kier alpha value is -1.59. The van der Waals surface area contributed by atoms with E-state index in [-0.39, 0.29) is 29.2 Å². The number of ether oxygens (including phenoxy) is 1. The molecule has 2 amide bonds. The van der Waals surface area contributed by atoms with Crippen molar-refractivity contribution in [3.8, 4) is 0 Å². The number of hydrogen-bond acceptors (Lipinski definition) is 3. The molecule has 136 valence electrons. The Morgan fingerprint density at radius 2 is 2.04 bits per heavy atom. The third-order valence-electron chi connectivity index (χ3n) is 5.24. The highest BCUT2D eigenvalue weighted by Crippen LogP contribution is 2.44. The Labute approximate surface area is 153 Å². The minimum atomic E-state index is -0.193. The van der Waals surface area contributed by atoms with Crippen molar-refractivity contribution < 1.29 is 14.3 Å². The monoisotopic (exact) mass is 364 g/mol. The number of benzene rings is 1. The molecular weight excluding hydrogens is 340 g/mol. The van der Waals surface area contributed by atoms with Crippen molar-refractivity contribution in [1.82, 2.24) is 10.2 Å². The fourth-order valence-corrected chi connectivity index (χ4v) is 4.15. The average Bonchev–Trinajstić information content (AvgIpc) is 2.93. The van der Waals surface area contributed by atoms with Gasteiger partial charge in [0.1, 0.15) is 0 Å². The van der Waals surface area contributed by atoms with Gasteiger partial charge in [0, 0.05) is 48.3 Å². The van der Waals surface area contributed by atoms with E-state index >= 15 is 0 Å². The molecule has 3 rings (SSSR count). The number of carbonyl (C=O) groups excluding carboxylic acids is 2. The summed E-state index contributed by atoms with van der Waals surface area (Å²) in [6.07, 6.45) is 1.62. The second-order valence-electron chi connectivity index (χ2n) is 7.39. The first-order valence-corrected chi connectivity index (χ1v) is 9.22. The highest BCUT2D eigenvalue weighted by molar-refractivity contribution is 6.30. The average molecular weight is 365 g/mol. The van der Waals surface area contributed by atoms with Gasteiger partial charge in [0.15, 0.2) is 0 Å². The van der Waals surface area contributed by atoms with Gasteiger partial charge in [0.25, 0.3) is 5.91 Å². The summed E-state index contributed by atoms with van der Waals surface area (Å²) in [6.45, 7) is 6.24. The van der Waals surface area contributed by atoms with Crippen molar-refractivity contribution in [1.29, 1.82) is 0 Å². The van der Waals surface area contributed by atoms with Gasteiger partial charge < -0.3 is 15.0 Å². The van der Waals surface area contributed by atoms with Crippen LogP contribution in [0.25, 0.3) is 0 Å². The van der Waals surface area contributed by atoms with Crippen LogP contribution >= 0.6 is 11.6 Å². The third kappa shape index (κ3) is 3.82. The molecule has 5 nitrogen and oxygen atoms in total. The molecular formula is C19H25ClN2O3. The predicted molar refractivity (Wildman–Crippen MR) is 96.6 cm³/mol. The summed E-state index contributed by atoms with van der Waals surface area (Å²) in [5.74, 6) is -0.214. The smallest absolute Gasteiger partial charge is 0.253 e. The molecule has 2 heterocycles. The minimum Gasteiger partial charge on any atom is -0.381 e. The molecule has 2 aliphatic heterocycles. The Balaban J connectivity index is 1.83. The van der Waals surface area contributed by atoms with Gasteiger partial charge in [-0.25, -0.2) is 0 Å². The first kappa shape index (κ1) is 18.2. The van der Waals surface area contributed by atoms with E-state index in [4.69, 9.17) is 16.3 Å². The molecule has 1 aromatic carbocycles. The maximum atomic E-state index is 12.9. The Morgan fingerprint density at radius 1 is 1.32 bits per heavy atom. The number of carbonyl (C=O) groups is 2. The lowest BCUT2D eigenvalue weighted by atomic mass is 9.71. The van der Waals surface area contributed by atoms with Crippen LogP contribution < -0.4 is 5.32 Å². The fraction of sp³-hybridized carbons (Fsp3) is 0.579. The third-order valence-corrected chi connectivity index (χ3v) is 5.48. The molecule has 2 saturated heterocycles. The van der Waals surface area contributed by atoms with Crippen LogP contribution in [0.15, 0.2) is 24.3 Å². The van der Waals surface area contributed by atoms with Crippen LogP contribution in [0.5, 0.6) is 0 Å². The largest absolute Gasteiger partial charge is 0.381 e. The van der Waals surface area contributed by atoms with Crippen LogP contribution in [0.1, 0.15) is 37.0 Å². The summed E-state index contributed by atoms with van der Waals surface area (Å²) >= 11 is 6.02. The first-order valence-electron chi connectivity index (χ1n) is 8.84. The van der Waals surface area contributed by atoms with Crippen LogP contribution in [-0.4, -0.2) is 49.1 Å². The lowest BCUT2D eigenvalue weighted by Gasteiger charge is -2.37. The van der Waals surface area contributed by atoms with Crippen molar-refractivity contribution in [2.45, 2.75) is 32.7 Å². The number of rotatable bonds is 3. The van der Waals surface area contributed by atoms with Crippen molar-refractivity contribution in [2.24, 2.45) is 11.3 Å². The second kappa shape index (κ2) is 7.34. The van der Waals surface area contributed by atoms with Gasteiger partial charge in [-0.1, -0.05) is 17.7 Å². The van der Waals surface area contributed by atoms with Crippen LogP contribution in [0.3, 0.4) is 0 Å². The summed E-state index contributed by atoms with van der Waals surface area (Å²) in [5.41, 5.74) is 0.380. The quantitative estimate of drug-likeness (QED) is 0.897. The molecule has 6 heteroatoms. The van der Waals surface area contributed by atoms with Gasteiger partial charge in [-0.15, -0.1) is 0 Å². The fourth-order valence-electron chi connectivity index (χ4n) is 3.96. The zero-order chi connectivity index (χ0) is 18.0. The van der Waals surface area contributed by atoms with Gasteiger partial charge in [-0.05, 0) is 44.9 Å². The molecule has 0 radical (unpaired) electrons. The Bertz CT molecular complexity index is 656. The molecule has 2 aliphatic rings. The van der Waals surface area contributed by atoms with Crippen LogP contribution in [0, 0.1) is 11.3 Å². The SMILES string of the molecule is CC(C)NC(=O)[C@@H]1CN(C(=O)c2cccc(Cl)c2)CC12CCOCC2. The lowest BCUT2D eigenvalue weighted by Crippen LogP contribution is -2.46. The van der Waals surface area contributed by atoms with Gasteiger partial charge >= 0.3 is 0 Å². The van der Waals surface area contributed by atoms with E-state index in [2.05, 4.69) is 5.32 Å².